The maximum absolute atomic E-state index is 12.7. The summed E-state index contributed by atoms with van der Waals surface area (Å²) in [5.74, 6) is 0.770. The van der Waals surface area contributed by atoms with E-state index in [1.54, 1.807) is 11.8 Å². The van der Waals surface area contributed by atoms with Gasteiger partial charge < -0.3 is 15.1 Å². The summed E-state index contributed by atoms with van der Waals surface area (Å²) in [6.45, 7) is 3.48. The summed E-state index contributed by atoms with van der Waals surface area (Å²) >= 11 is 1.59. The Morgan fingerprint density at radius 2 is 2.00 bits per heavy atom. The number of carbonyl (C=O) groups excluding carboxylic acids is 2. The van der Waals surface area contributed by atoms with E-state index in [-0.39, 0.29) is 17.9 Å². The molecule has 2 aliphatic rings. The highest BCUT2D eigenvalue weighted by atomic mass is 32.2. The van der Waals surface area contributed by atoms with Crippen molar-refractivity contribution < 1.29 is 9.59 Å². The third kappa shape index (κ3) is 4.28. The van der Waals surface area contributed by atoms with Crippen LogP contribution in [0.3, 0.4) is 0 Å². The Morgan fingerprint density at radius 3 is 2.85 bits per heavy atom. The fraction of sp³-hybridized carbons (Fsp3) is 0.429. The van der Waals surface area contributed by atoms with Crippen molar-refractivity contribution in [2.75, 3.05) is 38.5 Å². The lowest BCUT2D eigenvalue weighted by atomic mass is 10.0. The molecule has 0 radical (unpaired) electrons. The molecule has 2 aromatic carbocycles. The number of benzene rings is 2. The number of piperazine rings is 1. The van der Waals surface area contributed by atoms with Gasteiger partial charge in [-0.25, -0.2) is 0 Å². The van der Waals surface area contributed by atoms with Gasteiger partial charge >= 0.3 is 0 Å². The number of piperidine rings is 1. The number of hydrogen-bond donors (Lipinski definition) is 1. The Bertz CT molecular complexity index is 841. The first kappa shape index (κ1) is 18.3. The van der Waals surface area contributed by atoms with Gasteiger partial charge in [0, 0.05) is 37.1 Å². The van der Waals surface area contributed by atoms with Crippen molar-refractivity contribution in [2.45, 2.75) is 23.8 Å². The standard InChI is InChI=1S/C21H25N3O2S/c25-20-13-22-9-11-24(20)18-6-3-10-23(14-18)21(26)15-27-19-8-7-16-4-1-2-5-17(16)12-19/h1-2,4-5,7-8,12,18,22H,3,6,9-11,13-15H2. The summed E-state index contributed by atoms with van der Waals surface area (Å²) in [6, 6.07) is 14.8. The number of carbonyl (C=O) groups is 2. The Hall–Kier alpha value is -2.05. The second kappa shape index (κ2) is 8.31. The van der Waals surface area contributed by atoms with Crippen LogP contribution in [0.4, 0.5) is 0 Å². The number of likely N-dealkylation sites (tertiary alicyclic amines) is 1. The quantitative estimate of drug-likeness (QED) is 0.824. The molecule has 2 aromatic rings. The molecule has 2 amide bonds. The van der Waals surface area contributed by atoms with E-state index in [0.717, 1.165) is 37.4 Å². The molecular weight excluding hydrogens is 358 g/mol. The minimum absolute atomic E-state index is 0.158. The first-order chi connectivity index (χ1) is 13.2. The SMILES string of the molecule is O=C(CSc1ccc2ccccc2c1)N1CCCC(N2CCNCC2=O)C1. The highest BCUT2D eigenvalue weighted by molar-refractivity contribution is 8.00. The van der Waals surface area contributed by atoms with Crippen LogP contribution in [0.15, 0.2) is 47.4 Å². The molecule has 2 aliphatic heterocycles. The molecule has 27 heavy (non-hydrogen) atoms. The van der Waals surface area contributed by atoms with Crippen molar-refractivity contribution >= 4 is 34.3 Å². The second-order valence-corrected chi connectivity index (χ2v) is 8.25. The normalized spacial score (nSPS) is 20.9. The van der Waals surface area contributed by atoms with Crippen molar-refractivity contribution in [1.29, 1.82) is 0 Å². The molecule has 1 unspecified atom stereocenters. The van der Waals surface area contributed by atoms with Crippen molar-refractivity contribution in [3.05, 3.63) is 42.5 Å². The van der Waals surface area contributed by atoms with Gasteiger partial charge in [0.15, 0.2) is 0 Å². The van der Waals surface area contributed by atoms with E-state index >= 15 is 0 Å². The van der Waals surface area contributed by atoms with E-state index < -0.39 is 0 Å². The van der Waals surface area contributed by atoms with Crippen LogP contribution in [0.25, 0.3) is 10.8 Å². The summed E-state index contributed by atoms with van der Waals surface area (Å²) in [5.41, 5.74) is 0. The van der Waals surface area contributed by atoms with Crippen LogP contribution in [-0.4, -0.2) is 66.1 Å². The number of amides is 2. The van der Waals surface area contributed by atoms with Crippen LogP contribution in [-0.2, 0) is 9.59 Å². The highest BCUT2D eigenvalue weighted by Gasteiger charge is 2.31. The van der Waals surface area contributed by atoms with Crippen molar-refractivity contribution in [3.63, 3.8) is 0 Å². The molecule has 1 N–H and O–H groups in total. The lowest BCUT2D eigenvalue weighted by molar-refractivity contribution is -0.139. The zero-order valence-electron chi connectivity index (χ0n) is 15.4. The van der Waals surface area contributed by atoms with Gasteiger partial charge in [0.25, 0.3) is 0 Å². The van der Waals surface area contributed by atoms with Gasteiger partial charge in [0.05, 0.1) is 12.3 Å². The van der Waals surface area contributed by atoms with E-state index in [9.17, 15) is 9.59 Å². The van der Waals surface area contributed by atoms with Gasteiger partial charge in [0.1, 0.15) is 0 Å². The zero-order chi connectivity index (χ0) is 18.6. The summed E-state index contributed by atoms with van der Waals surface area (Å²) in [5, 5.41) is 5.53. The third-order valence-corrected chi connectivity index (χ3v) is 6.38. The lowest BCUT2D eigenvalue weighted by Crippen LogP contribution is -2.57. The van der Waals surface area contributed by atoms with Gasteiger partial charge in [0.2, 0.25) is 11.8 Å². The van der Waals surface area contributed by atoms with Crippen LogP contribution in [0.5, 0.6) is 0 Å². The molecule has 0 aliphatic carbocycles. The zero-order valence-corrected chi connectivity index (χ0v) is 16.2. The average molecular weight is 384 g/mol. The minimum atomic E-state index is 0.158. The molecule has 0 aromatic heterocycles. The van der Waals surface area contributed by atoms with Crippen molar-refractivity contribution in [1.82, 2.24) is 15.1 Å². The van der Waals surface area contributed by atoms with Crippen LogP contribution >= 0.6 is 11.8 Å². The molecule has 0 saturated carbocycles. The van der Waals surface area contributed by atoms with E-state index in [1.807, 2.05) is 21.9 Å². The molecule has 142 valence electrons. The topological polar surface area (TPSA) is 52.7 Å². The first-order valence-electron chi connectivity index (χ1n) is 9.60. The smallest absolute Gasteiger partial charge is 0.236 e. The number of thioether (sulfide) groups is 1. The third-order valence-electron chi connectivity index (χ3n) is 5.40. The Balaban J connectivity index is 1.35. The molecule has 0 bridgehead atoms. The molecule has 0 spiro atoms. The Labute approximate surface area is 164 Å². The van der Waals surface area contributed by atoms with E-state index in [2.05, 4.69) is 35.6 Å². The fourth-order valence-electron chi connectivity index (χ4n) is 3.94. The maximum Gasteiger partial charge on any atom is 0.236 e. The molecule has 1 atom stereocenters. The summed E-state index contributed by atoms with van der Waals surface area (Å²) < 4.78 is 0. The number of fused-ring (bicyclic) bond motifs is 1. The molecule has 2 saturated heterocycles. The summed E-state index contributed by atoms with van der Waals surface area (Å²) in [6.07, 6.45) is 1.96. The van der Waals surface area contributed by atoms with Gasteiger partial charge in [-0.05, 0) is 35.7 Å². The monoisotopic (exact) mass is 383 g/mol. The molecule has 5 nitrogen and oxygen atoms in total. The minimum Gasteiger partial charge on any atom is -0.340 e. The van der Waals surface area contributed by atoms with Crippen LogP contribution < -0.4 is 5.32 Å². The Kier molecular flexibility index (Phi) is 5.64. The highest BCUT2D eigenvalue weighted by Crippen LogP contribution is 2.25. The van der Waals surface area contributed by atoms with Gasteiger partial charge in [-0.15, -0.1) is 11.8 Å². The van der Waals surface area contributed by atoms with E-state index in [0.29, 0.717) is 18.8 Å². The molecule has 2 heterocycles. The summed E-state index contributed by atoms with van der Waals surface area (Å²) in [7, 11) is 0. The number of nitrogens with zero attached hydrogens (tertiary/aromatic N) is 2. The number of hydrogen-bond acceptors (Lipinski definition) is 4. The van der Waals surface area contributed by atoms with Crippen molar-refractivity contribution in [2.24, 2.45) is 0 Å². The Morgan fingerprint density at radius 1 is 1.15 bits per heavy atom. The van der Waals surface area contributed by atoms with Crippen LogP contribution in [0.1, 0.15) is 12.8 Å². The lowest BCUT2D eigenvalue weighted by Gasteiger charge is -2.41. The molecular formula is C21H25N3O2S. The van der Waals surface area contributed by atoms with Crippen LogP contribution in [0, 0.1) is 0 Å². The van der Waals surface area contributed by atoms with Crippen molar-refractivity contribution in [3.8, 4) is 0 Å². The molecule has 2 fully saturated rings. The summed E-state index contributed by atoms with van der Waals surface area (Å²) in [4.78, 5) is 29.9. The first-order valence-corrected chi connectivity index (χ1v) is 10.6. The number of nitrogens with one attached hydrogen (secondary N) is 1. The predicted octanol–water partition coefficient (Wildman–Crippen LogP) is 2.35. The van der Waals surface area contributed by atoms with Gasteiger partial charge in [-0.3, -0.25) is 9.59 Å². The average Bonchev–Trinajstić information content (AvgIpc) is 2.72. The second-order valence-electron chi connectivity index (χ2n) is 7.20. The fourth-order valence-corrected chi connectivity index (χ4v) is 4.78. The van der Waals surface area contributed by atoms with E-state index in [1.165, 1.54) is 10.8 Å². The number of rotatable bonds is 4. The maximum atomic E-state index is 12.7. The molecule has 4 rings (SSSR count). The largest absolute Gasteiger partial charge is 0.340 e. The predicted molar refractivity (Wildman–Crippen MR) is 109 cm³/mol. The van der Waals surface area contributed by atoms with Crippen LogP contribution in [0.2, 0.25) is 0 Å². The molecule has 6 heteroatoms. The van der Waals surface area contributed by atoms with E-state index in [4.69, 9.17) is 0 Å². The van der Waals surface area contributed by atoms with Gasteiger partial charge in [-0.2, -0.15) is 0 Å². The van der Waals surface area contributed by atoms with Gasteiger partial charge in [-0.1, -0.05) is 30.3 Å².